The van der Waals surface area contributed by atoms with Gasteiger partial charge in [-0.2, -0.15) is 30.1 Å². The predicted octanol–water partition coefficient (Wildman–Crippen LogP) is 6.81. The second-order valence-electron chi connectivity index (χ2n) is 19.5. The number of hydrogen-bond acceptors (Lipinski definition) is 17. The molecule has 23 heteroatoms. The first-order chi connectivity index (χ1) is 31.6. The molecule has 2 saturated carbocycles. The average molecular weight is 978 g/mol. The second kappa shape index (κ2) is 20.2. The van der Waals surface area contributed by atoms with Crippen LogP contribution < -0.4 is 9.80 Å². The molecule has 368 valence electrons. The lowest BCUT2D eigenvalue weighted by molar-refractivity contribution is -0.154. The molecule has 4 fully saturated rings. The Balaban J connectivity index is 0.000000200. The number of carbonyl (C=O) groups excluding carboxylic acids is 3. The fourth-order valence-corrected chi connectivity index (χ4v) is 9.55. The molecule has 0 unspecified atom stereocenters. The van der Waals surface area contributed by atoms with Crippen molar-refractivity contribution in [2.45, 2.75) is 186 Å². The highest BCUT2D eigenvalue weighted by molar-refractivity contribution is 6.29. The van der Waals surface area contributed by atoms with Gasteiger partial charge in [-0.1, -0.05) is 39.5 Å². The zero-order valence-corrected chi connectivity index (χ0v) is 40.8. The zero-order chi connectivity index (χ0) is 48.7. The Bertz CT molecular complexity index is 2410. The van der Waals surface area contributed by atoms with Crippen molar-refractivity contribution in [3.8, 4) is 0 Å². The summed E-state index contributed by atoms with van der Waals surface area (Å²) in [5, 5.41) is 39.6. The molecule has 8 atom stereocenters. The van der Waals surface area contributed by atoms with Crippen LogP contribution in [0, 0.1) is 5.92 Å². The molecule has 67 heavy (non-hydrogen) atoms. The van der Waals surface area contributed by atoms with Crippen molar-refractivity contribution in [2.24, 2.45) is 5.92 Å². The molecular formula is C44H62Cl2N10O11. The molecule has 2 aliphatic carbocycles. The third-order valence-electron chi connectivity index (χ3n) is 12.2. The molecule has 3 N–H and O–H groups in total. The largest absolute Gasteiger partial charge is 0.457 e. The Labute approximate surface area is 398 Å². The number of rotatable bonds is 9. The van der Waals surface area contributed by atoms with Gasteiger partial charge in [-0.25, -0.2) is 19.0 Å². The highest BCUT2D eigenvalue weighted by Crippen LogP contribution is 2.41. The normalized spacial score (nSPS) is 25.9. The number of esters is 1. The maximum Gasteiger partial charge on any atom is 0.416 e. The van der Waals surface area contributed by atoms with E-state index in [0.29, 0.717) is 22.2 Å². The quantitative estimate of drug-likeness (QED) is 0.0884. The van der Waals surface area contributed by atoms with Gasteiger partial charge >= 0.3 is 18.2 Å². The van der Waals surface area contributed by atoms with Crippen molar-refractivity contribution in [2.75, 3.05) is 16.4 Å². The van der Waals surface area contributed by atoms with Crippen LogP contribution >= 0.6 is 23.2 Å². The van der Waals surface area contributed by atoms with Crippen LogP contribution in [-0.4, -0.2) is 133 Å². The molecule has 2 amide bonds. The van der Waals surface area contributed by atoms with Crippen LogP contribution in [0.3, 0.4) is 0 Å². The van der Waals surface area contributed by atoms with Crippen LogP contribution in [0.1, 0.15) is 133 Å². The molecule has 4 aromatic rings. The number of aliphatic hydroxyl groups excluding tert-OH is 3. The summed E-state index contributed by atoms with van der Waals surface area (Å²) in [5.41, 5.74) is -0.751. The first-order valence-electron chi connectivity index (χ1n) is 22.9. The summed E-state index contributed by atoms with van der Waals surface area (Å²) >= 11 is 12.6. The molecule has 21 nitrogen and oxygen atoms in total. The van der Waals surface area contributed by atoms with Gasteiger partial charge in [0.15, 0.2) is 41.5 Å². The van der Waals surface area contributed by atoms with Crippen LogP contribution in [0.4, 0.5) is 21.2 Å². The highest BCUT2D eigenvalue weighted by Gasteiger charge is 2.47. The fraction of sp³-hybridized carbons (Fsp3) is 0.705. The van der Waals surface area contributed by atoms with Gasteiger partial charge in [0, 0.05) is 24.9 Å². The van der Waals surface area contributed by atoms with E-state index >= 15 is 0 Å². The summed E-state index contributed by atoms with van der Waals surface area (Å²) in [4.78, 5) is 58.9. The molecule has 8 rings (SSSR count). The molecular weight excluding hydrogens is 915 g/mol. The SMILES string of the molecule is CC(C)(C)OC(=O)N(c1nc(Cl)nc2c1cnn2[C@@H]1O[C@H](CO)[C@@H](O)[C@H]1O)C1CCCC1.CC[C@H]1O[C@@H](n2ncc3c(N(C(=O)OC(C)(C)C)C4CCCC4)nc(Cl)nc32)[C@H](OC(C)=O)[C@@H]1C. The lowest BCUT2D eigenvalue weighted by Crippen LogP contribution is -2.43. The number of amides is 2. The van der Waals surface area contributed by atoms with E-state index in [4.69, 9.17) is 46.9 Å². The van der Waals surface area contributed by atoms with Crippen LogP contribution in [0.5, 0.6) is 0 Å². The zero-order valence-electron chi connectivity index (χ0n) is 39.3. The molecule has 4 aliphatic rings. The number of ether oxygens (including phenoxy) is 5. The van der Waals surface area contributed by atoms with E-state index in [0.717, 1.165) is 57.8 Å². The number of anilines is 2. The first-order valence-corrected chi connectivity index (χ1v) is 23.7. The van der Waals surface area contributed by atoms with Crippen molar-refractivity contribution in [3.05, 3.63) is 23.0 Å². The van der Waals surface area contributed by atoms with Crippen LogP contribution in [0.2, 0.25) is 10.6 Å². The first kappa shape index (κ1) is 50.4. The van der Waals surface area contributed by atoms with Crippen molar-refractivity contribution in [3.63, 3.8) is 0 Å². The highest BCUT2D eigenvalue weighted by atomic mass is 35.5. The van der Waals surface area contributed by atoms with Crippen molar-refractivity contribution >= 4 is 75.1 Å². The molecule has 4 aromatic heterocycles. The van der Waals surface area contributed by atoms with Gasteiger partial charge in [0.1, 0.15) is 29.5 Å². The van der Waals surface area contributed by atoms with Crippen molar-refractivity contribution < 1.29 is 53.4 Å². The smallest absolute Gasteiger partial charge is 0.416 e. The van der Waals surface area contributed by atoms with Gasteiger partial charge in [-0.05, 0) is 96.8 Å². The number of fused-ring (bicyclic) bond motifs is 2. The van der Waals surface area contributed by atoms with Gasteiger partial charge in [0.2, 0.25) is 10.6 Å². The summed E-state index contributed by atoms with van der Waals surface area (Å²) in [6.45, 7) is 15.8. The second-order valence-corrected chi connectivity index (χ2v) is 20.2. The topological polar surface area (TPSA) is 252 Å². The Hall–Kier alpha value is -4.51. The van der Waals surface area contributed by atoms with E-state index in [1.54, 1.807) is 36.5 Å². The van der Waals surface area contributed by atoms with Crippen LogP contribution in [0.15, 0.2) is 12.4 Å². The minimum Gasteiger partial charge on any atom is -0.457 e. The third kappa shape index (κ3) is 10.9. The number of aliphatic hydroxyl groups is 3. The number of carbonyl (C=O) groups is 3. The number of aromatic nitrogens is 8. The fourth-order valence-electron chi connectivity index (χ4n) is 9.23. The number of nitrogens with zero attached hydrogens (tertiary/aromatic N) is 10. The van der Waals surface area contributed by atoms with Crippen LogP contribution in [-0.2, 0) is 28.5 Å². The molecule has 2 aliphatic heterocycles. The number of hydrogen-bond donors (Lipinski definition) is 3. The molecule has 2 saturated heterocycles. The van der Waals surface area contributed by atoms with E-state index < -0.39 is 72.8 Å². The molecule has 6 heterocycles. The molecule has 0 spiro atoms. The van der Waals surface area contributed by atoms with Gasteiger partial charge in [-0.15, -0.1) is 0 Å². The summed E-state index contributed by atoms with van der Waals surface area (Å²) in [6.07, 6.45) is 4.01. The van der Waals surface area contributed by atoms with Gasteiger partial charge < -0.3 is 39.0 Å². The van der Waals surface area contributed by atoms with E-state index in [1.165, 1.54) is 22.7 Å². The Morgan fingerprint density at radius 2 is 1.16 bits per heavy atom. The summed E-state index contributed by atoms with van der Waals surface area (Å²) in [5.74, 6) is 0.185. The average Bonchev–Trinajstić information content (AvgIpc) is 4.11. The summed E-state index contributed by atoms with van der Waals surface area (Å²) < 4.78 is 31.7. The molecule has 0 radical (unpaired) electrons. The predicted molar refractivity (Wildman–Crippen MR) is 245 cm³/mol. The maximum atomic E-state index is 13.4. The minimum atomic E-state index is -1.34. The van der Waals surface area contributed by atoms with Crippen LogP contribution in [0.25, 0.3) is 22.1 Å². The van der Waals surface area contributed by atoms with Gasteiger partial charge in [0.05, 0.1) is 35.9 Å². The van der Waals surface area contributed by atoms with E-state index in [9.17, 15) is 29.7 Å². The lowest BCUT2D eigenvalue weighted by Gasteiger charge is -2.31. The standard InChI is InChI=1S/C24H34ClN5O5.C20H28ClN5O6/c1-7-17-13(2)18(33-14(3)31)21(34-17)30-20-16(12-26-30)19(27-22(25)28-20)29(15-10-8-9-11-15)23(32)35-24(4,5)6;1-20(2,3)32-19(30)25(10-6-4-5-7-10)15-11-8-22-26(16(11)24-18(21)23-15)17-14(29)13(28)12(9-27)31-17/h12-13,15,17-18,21H,7-11H2,1-6H3;8,10,12-14,17,27-29H,4-7,9H2,1-3H3/t13-,17-,18-,21-;12-,13-,14-,17-/m11/s1. The van der Waals surface area contributed by atoms with Crippen molar-refractivity contribution in [1.29, 1.82) is 0 Å². The Morgan fingerprint density at radius 3 is 1.55 bits per heavy atom. The molecule has 0 aromatic carbocycles. The van der Waals surface area contributed by atoms with E-state index in [2.05, 4.69) is 30.1 Å². The Morgan fingerprint density at radius 1 is 0.731 bits per heavy atom. The van der Waals surface area contributed by atoms with E-state index in [-0.39, 0.29) is 46.1 Å². The monoisotopic (exact) mass is 976 g/mol. The van der Waals surface area contributed by atoms with E-state index in [1.807, 2.05) is 34.6 Å². The number of halogens is 2. The summed E-state index contributed by atoms with van der Waals surface area (Å²) in [7, 11) is 0. The maximum absolute atomic E-state index is 13.4. The molecule has 0 bridgehead atoms. The Kier molecular flexibility index (Phi) is 15.2. The van der Waals surface area contributed by atoms with Gasteiger partial charge in [-0.3, -0.25) is 14.6 Å². The van der Waals surface area contributed by atoms with Gasteiger partial charge in [0.25, 0.3) is 0 Å². The lowest BCUT2D eigenvalue weighted by atomic mass is 9.98. The third-order valence-corrected chi connectivity index (χ3v) is 12.6. The summed E-state index contributed by atoms with van der Waals surface area (Å²) in [6, 6.07) is -0.181. The minimum absolute atomic E-state index is 0.0251. The van der Waals surface area contributed by atoms with Crippen molar-refractivity contribution in [1.82, 2.24) is 39.5 Å².